The van der Waals surface area contributed by atoms with E-state index in [4.69, 9.17) is 0 Å². The molecule has 0 spiro atoms. The van der Waals surface area contributed by atoms with Crippen LogP contribution in [0.15, 0.2) is 30.3 Å². The highest BCUT2D eigenvalue weighted by molar-refractivity contribution is 5.14. The molecule has 0 heterocycles. The lowest BCUT2D eigenvalue weighted by Gasteiger charge is -2.05. The van der Waals surface area contributed by atoms with Gasteiger partial charge in [0.15, 0.2) is 0 Å². The second-order valence-electron chi connectivity index (χ2n) is 13.9. The predicted molar refractivity (Wildman–Crippen MR) is 193 cm³/mol. The second kappa shape index (κ2) is 34.7. The maximum atomic E-state index is 2.31. The van der Waals surface area contributed by atoms with Crippen LogP contribution in [0.2, 0.25) is 0 Å². The number of benzene rings is 1. The summed E-state index contributed by atoms with van der Waals surface area (Å²) in [6.45, 7) is 2.31. The maximum absolute atomic E-state index is 2.31. The van der Waals surface area contributed by atoms with Crippen LogP contribution >= 0.6 is 0 Å². The van der Waals surface area contributed by atoms with E-state index in [9.17, 15) is 0 Å². The summed E-state index contributed by atoms with van der Waals surface area (Å²) in [4.78, 5) is 0. The molecule has 1 rings (SSSR count). The number of rotatable bonds is 35. The molecule has 1 aromatic carbocycles. The predicted octanol–water partition coefficient (Wildman–Crippen LogP) is 15.5. The van der Waals surface area contributed by atoms with Gasteiger partial charge in [0.05, 0.1) is 0 Å². The van der Waals surface area contributed by atoms with Gasteiger partial charge in [0.1, 0.15) is 0 Å². The minimum absolute atomic E-state index is 1.26. The van der Waals surface area contributed by atoms with Crippen molar-refractivity contribution in [2.24, 2.45) is 0 Å². The van der Waals surface area contributed by atoms with E-state index in [1.807, 2.05) is 0 Å². The van der Waals surface area contributed by atoms with Crippen LogP contribution < -0.4 is 0 Å². The molecular formula is C42H78. The third-order valence-corrected chi connectivity index (χ3v) is 9.66. The molecule has 0 aromatic heterocycles. The minimum atomic E-state index is 1.26. The number of aryl methyl sites for hydroxylation is 1. The zero-order valence-corrected chi connectivity index (χ0v) is 29.1. The van der Waals surface area contributed by atoms with Crippen molar-refractivity contribution in [3.05, 3.63) is 35.9 Å². The Morgan fingerprint density at radius 1 is 0.262 bits per heavy atom. The van der Waals surface area contributed by atoms with Crippen molar-refractivity contribution in [2.45, 2.75) is 232 Å². The molecule has 0 bridgehead atoms. The first-order chi connectivity index (χ1) is 20.9. The van der Waals surface area contributed by atoms with Crippen LogP contribution in [0.3, 0.4) is 0 Å². The van der Waals surface area contributed by atoms with Crippen molar-refractivity contribution < 1.29 is 0 Å². The normalized spacial score (nSPS) is 11.5. The van der Waals surface area contributed by atoms with Crippen LogP contribution in [0.25, 0.3) is 0 Å². The van der Waals surface area contributed by atoms with E-state index in [1.165, 1.54) is 230 Å². The molecule has 0 aliphatic heterocycles. The first kappa shape index (κ1) is 39.2. The summed E-state index contributed by atoms with van der Waals surface area (Å²) < 4.78 is 0. The smallest absolute Gasteiger partial charge is 0.0279 e. The Balaban J connectivity index is 1.61. The minimum Gasteiger partial charge on any atom is -0.0654 e. The third kappa shape index (κ3) is 30.7. The quantitative estimate of drug-likeness (QED) is 0.0698. The van der Waals surface area contributed by atoms with E-state index >= 15 is 0 Å². The molecule has 0 radical (unpaired) electrons. The lowest BCUT2D eigenvalue weighted by Crippen LogP contribution is -1.86. The van der Waals surface area contributed by atoms with Gasteiger partial charge in [-0.25, -0.2) is 0 Å². The molecule has 0 aliphatic carbocycles. The Labute approximate surface area is 267 Å². The SMILES string of the molecule is CCCCCCCCCCCCCCCCCCCCCCCCCCCCCCCCCCCCc1ccccc1. The fourth-order valence-corrected chi connectivity index (χ4v) is 6.70. The van der Waals surface area contributed by atoms with Crippen molar-refractivity contribution in [1.82, 2.24) is 0 Å². The summed E-state index contributed by atoms with van der Waals surface area (Å²) in [5, 5.41) is 0. The standard InChI is InChI=1S/C42H78/c1-2-3-4-5-6-7-8-9-10-11-12-13-14-15-16-17-18-19-20-21-22-23-24-25-26-27-28-29-30-31-32-33-34-36-39-42-40-37-35-38-41-42/h35,37-38,40-41H,2-34,36,39H2,1H3. The first-order valence-electron chi connectivity index (χ1n) is 20.0. The topological polar surface area (TPSA) is 0 Å². The fraction of sp³-hybridized carbons (Fsp3) is 0.857. The van der Waals surface area contributed by atoms with Crippen molar-refractivity contribution in [3.63, 3.8) is 0 Å². The second-order valence-corrected chi connectivity index (χ2v) is 13.9. The first-order valence-corrected chi connectivity index (χ1v) is 20.0. The molecule has 246 valence electrons. The highest BCUT2D eigenvalue weighted by atomic mass is 14.0. The van der Waals surface area contributed by atoms with E-state index in [0.29, 0.717) is 0 Å². The van der Waals surface area contributed by atoms with Crippen molar-refractivity contribution in [1.29, 1.82) is 0 Å². The largest absolute Gasteiger partial charge is 0.0654 e. The Kier molecular flexibility index (Phi) is 32.4. The van der Waals surface area contributed by atoms with Gasteiger partial charge < -0.3 is 0 Å². The zero-order valence-electron chi connectivity index (χ0n) is 29.1. The molecule has 42 heavy (non-hydrogen) atoms. The van der Waals surface area contributed by atoms with Gasteiger partial charge in [0, 0.05) is 0 Å². The van der Waals surface area contributed by atoms with Gasteiger partial charge in [-0.2, -0.15) is 0 Å². The van der Waals surface area contributed by atoms with E-state index in [-0.39, 0.29) is 0 Å². The van der Waals surface area contributed by atoms with Crippen molar-refractivity contribution in [3.8, 4) is 0 Å². The molecule has 0 fully saturated rings. The summed E-state index contributed by atoms with van der Waals surface area (Å²) in [6.07, 6.45) is 51.4. The van der Waals surface area contributed by atoms with Crippen LogP contribution in [0.1, 0.15) is 231 Å². The number of hydrogen-bond donors (Lipinski definition) is 0. The molecule has 0 nitrogen and oxygen atoms in total. The molecule has 0 amide bonds. The fourth-order valence-electron chi connectivity index (χ4n) is 6.70. The lowest BCUT2D eigenvalue weighted by molar-refractivity contribution is 0.511. The van der Waals surface area contributed by atoms with E-state index in [1.54, 1.807) is 0 Å². The van der Waals surface area contributed by atoms with Crippen LogP contribution in [-0.2, 0) is 6.42 Å². The number of unbranched alkanes of at least 4 members (excludes halogenated alkanes) is 33. The summed E-state index contributed by atoms with van der Waals surface area (Å²) in [5.41, 5.74) is 1.51. The van der Waals surface area contributed by atoms with Gasteiger partial charge in [-0.3, -0.25) is 0 Å². The van der Waals surface area contributed by atoms with Crippen LogP contribution in [0, 0.1) is 0 Å². The van der Waals surface area contributed by atoms with Crippen molar-refractivity contribution in [2.75, 3.05) is 0 Å². The van der Waals surface area contributed by atoms with E-state index in [0.717, 1.165) is 0 Å². The zero-order chi connectivity index (χ0) is 29.9. The summed E-state index contributed by atoms with van der Waals surface area (Å²) in [7, 11) is 0. The lowest BCUT2D eigenvalue weighted by atomic mass is 10.0. The molecule has 0 unspecified atom stereocenters. The maximum Gasteiger partial charge on any atom is -0.0279 e. The highest BCUT2D eigenvalue weighted by Crippen LogP contribution is 2.17. The third-order valence-electron chi connectivity index (χ3n) is 9.66. The van der Waals surface area contributed by atoms with Gasteiger partial charge in [0.25, 0.3) is 0 Å². The summed E-state index contributed by atoms with van der Waals surface area (Å²) in [5.74, 6) is 0. The molecule has 0 heteroatoms. The van der Waals surface area contributed by atoms with Gasteiger partial charge in [0.2, 0.25) is 0 Å². The molecule has 0 atom stereocenters. The molecule has 0 saturated heterocycles. The van der Waals surface area contributed by atoms with Crippen LogP contribution in [0.5, 0.6) is 0 Å². The highest BCUT2D eigenvalue weighted by Gasteiger charge is 1.98. The Bertz CT molecular complexity index is 589. The molecular weight excluding hydrogens is 504 g/mol. The molecule has 0 N–H and O–H groups in total. The average molecular weight is 583 g/mol. The summed E-state index contributed by atoms with van der Waals surface area (Å²) in [6, 6.07) is 11.0. The average Bonchev–Trinajstić information content (AvgIpc) is 3.01. The van der Waals surface area contributed by atoms with Gasteiger partial charge in [-0.05, 0) is 18.4 Å². The molecule has 0 aliphatic rings. The summed E-state index contributed by atoms with van der Waals surface area (Å²) >= 11 is 0. The van der Waals surface area contributed by atoms with Gasteiger partial charge in [-0.1, -0.05) is 249 Å². The van der Waals surface area contributed by atoms with Crippen LogP contribution in [-0.4, -0.2) is 0 Å². The Hall–Kier alpha value is -0.780. The number of hydrogen-bond acceptors (Lipinski definition) is 0. The van der Waals surface area contributed by atoms with Gasteiger partial charge >= 0.3 is 0 Å². The van der Waals surface area contributed by atoms with Gasteiger partial charge in [-0.15, -0.1) is 0 Å². The van der Waals surface area contributed by atoms with E-state index in [2.05, 4.69) is 37.3 Å². The molecule has 0 saturated carbocycles. The molecule has 1 aromatic rings. The van der Waals surface area contributed by atoms with Crippen LogP contribution in [0.4, 0.5) is 0 Å². The Morgan fingerprint density at radius 3 is 0.714 bits per heavy atom. The Morgan fingerprint density at radius 2 is 0.476 bits per heavy atom. The van der Waals surface area contributed by atoms with Crippen molar-refractivity contribution >= 4 is 0 Å². The van der Waals surface area contributed by atoms with E-state index < -0.39 is 0 Å². The monoisotopic (exact) mass is 583 g/mol.